The number of esters is 1. The molecule has 0 aliphatic carbocycles. The molecule has 0 saturated heterocycles. The van der Waals surface area contributed by atoms with Crippen molar-refractivity contribution in [3.05, 3.63) is 76.7 Å². The van der Waals surface area contributed by atoms with E-state index in [1.165, 1.54) is 18.2 Å². The lowest BCUT2D eigenvalue weighted by atomic mass is 10.1. The van der Waals surface area contributed by atoms with Crippen LogP contribution in [0.25, 0.3) is 6.08 Å². The average Bonchev–Trinajstić information content (AvgIpc) is 3.02. The van der Waals surface area contributed by atoms with E-state index in [-0.39, 0.29) is 23.8 Å². The fourth-order valence-corrected chi connectivity index (χ4v) is 2.81. The SMILES string of the molecule is C=CCOc1c(Cl)cc(/C=C2\N=C(c3ccccc3F)OC2=O)cc1OCC. The van der Waals surface area contributed by atoms with Crippen molar-refractivity contribution in [2.75, 3.05) is 13.2 Å². The lowest BCUT2D eigenvalue weighted by Gasteiger charge is -2.13. The van der Waals surface area contributed by atoms with Crippen molar-refractivity contribution in [1.29, 1.82) is 0 Å². The van der Waals surface area contributed by atoms with Crippen LogP contribution in [0.15, 0.2) is 59.7 Å². The molecule has 0 fully saturated rings. The van der Waals surface area contributed by atoms with Crippen LogP contribution in [0, 0.1) is 5.82 Å². The largest absolute Gasteiger partial charge is 0.490 e. The van der Waals surface area contributed by atoms with Crippen LogP contribution in [0.4, 0.5) is 4.39 Å². The monoisotopic (exact) mass is 401 g/mol. The zero-order valence-electron chi connectivity index (χ0n) is 15.1. The Labute approximate surface area is 166 Å². The summed E-state index contributed by atoms with van der Waals surface area (Å²) in [6, 6.07) is 9.21. The molecule has 0 amide bonds. The van der Waals surface area contributed by atoms with Crippen molar-refractivity contribution >= 4 is 29.5 Å². The third-order valence-electron chi connectivity index (χ3n) is 3.71. The summed E-state index contributed by atoms with van der Waals surface area (Å²) in [5.41, 5.74) is 0.696. The second kappa shape index (κ2) is 8.71. The number of cyclic esters (lactones) is 1. The molecule has 28 heavy (non-hydrogen) atoms. The smallest absolute Gasteiger partial charge is 0.363 e. The topological polar surface area (TPSA) is 57.1 Å². The van der Waals surface area contributed by atoms with Crippen LogP contribution in [-0.4, -0.2) is 25.1 Å². The lowest BCUT2D eigenvalue weighted by Crippen LogP contribution is -2.07. The van der Waals surface area contributed by atoms with Gasteiger partial charge in [0, 0.05) is 0 Å². The Hall–Kier alpha value is -3.12. The summed E-state index contributed by atoms with van der Waals surface area (Å²) in [5, 5.41) is 0.310. The number of hydrogen-bond donors (Lipinski definition) is 0. The molecule has 5 nitrogen and oxygen atoms in total. The van der Waals surface area contributed by atoms with Gasteiger partial charge in [0.05, 0.1) is 17.2 Å². The number of carbonyl (C=O) groups is 1. The molecule has 2 aromatic carbocycles. The van der Waals surface area contributed by atoms with E-state index in [9.17, 15) is 9.18 Å². The van der Waals surface area contributed by atoms with Crippen molar-refractivity contribution in [1.82, 2.24) is 0 Å². The van der Waals surface area contributed by atoms with Gasteiger partial charge in [-0.15, -0.1) is 0 Å². The van der Waals surface area contributed by atoms with E-state index in [1.54, 1.807) is 30.3 Å². The van der Waals surface area contributed by atoms with E-state index < -0.39 is 11.8 Å². The molecule has 0 radical (unpaired) electrons. The highest BCUT2D eigenvalue weighted by Gasteiger charge is 2.26. The highest BCUT2D eigenvalue weighted by atomic mass is 35.5. The van der Waals surface area contributed by atoms with E-state index in [1.807, 2.05) is 6.92 Å². The normalized spacial score (nSPS) is 14.6. The summed E-state index contributed by atoms with van der Waals surface area (Å²) in [7, 11) is 0. The van der Waals surface area contributed by atoms with Crippen molar-refractivity contribution in [3.8, 4) is 11.5 Å². The molecule has 0 spiro atoms. The summed E-state index contributed by atoms with van der Waals surface area (Å²) in [5.74, 6) is -0.486. The number of aliphatic imine (C=N–C) groups is 1. The molecular formula is C21H17ClFNO4. The molecule has 0 N–H and O–H groups in total. The number of nitrogens with zero attached hydrogens (tertiary/aromatic N) is 1. The van der Waals surface area contributed by atoms with E-state index in [0.29, 0.717) is 28.7 Å². The first-order chi connectivity index (χ1) is 13.5. The summed E-state index contributed by atoms with van der Waals surface area (Å²) in [6.45, 7) is 6.10. The van der Waals surface area contributed by atoms with Crippen molar-refractivity contribution in [2.45, 2.75) is 6.92 Å². The number of carbonyl (C=O) groups excluding carboxylic acids is 1. The van der Waals surface area contributed by atoms with Gasteiger partial charge >= 0.3 is 5.97 Å². The van der Waals surface area contributed by atoms with E-state index in [4.69, 9.17) is 25.8 Å². The molecule has 3 rings (SSSR count). The zero-order chi connectivity index (χ0) is 20.1. The molecule has 0 unspecified atom stereocenters. The first kappa shape index (κ1) is 19.6. The Balaban J connectivity index is 1.97. The molecule has 0 aromatic heterocycles. The Morgan fingerprint density at radius 1 is 1.29 bits per heavy atom. The minimum Gasteiger partial charge on any atom is -0.490 e. The molecule has 0 atom stereocenters. The molecular weight excluding hydrogens is 385 g/mol. The Kier molecular flexibility index (Phi) is 6.11. The van der Waals surface area contributed by atoms with Gasteiger partial charge in [-0.2, -0.15) is 0 Å². The minimum absolute atomic E-state index is 0.0246. The molecule has 144 valence electrons. The van der Waals surface area contributed by atoms with Crippen LogP contribution in [0.2, 0.25) is 5.02 Å². The van der Waals surface area contributed by atoms with E-state index in [0.717, 1.165) is 0 Å². The summed E-state index contributed by atoms with van der Waals surface area (Å²) >= 11 is 6.30. The van der Waals surface area contributed by atoms with Crippen LogP contribution in [0.3, 0.4) is 0 Å². The Bertz CT molecular complexity index is 984. The maximum Gasteiger partial charge on any atom is 0.363 e. The Morgan fingerprint density at radius 2 is 2.07 bits per heavy atom. The molecule has 0 bridgehead atoms. The van der Waals surface area contributed by atoms with E-state index >= 15 is 0 Å². The maximum absolute atomic E-state index is 13.9. The quantitative estimate of drug-likeness (QED) is 0.380. The standard InChI is InChI=1S/C21H17ClFNO4/c1-3-9-27-19-15(22)10-13(12-18(19)26-4-2)11-17-21(25)28-20(24-17)14-7-5-6-8-16(14)23/h3,5-8,10-12H,1,4,9H2,2H3/b17-11-. The Morgan fingerprint density at radius 3 is 2.79 bits per heavy atom. The highest BCUT2D eigenvalue weighted by Crippen LogP contribution is 2.37. The predicted molar refractivity (Wildman–Crippen MR) is 105 cm³/mol. The zero-order valence-corrected chi connectivity index (χ0v) is 15.8. The molecule has 1 aliphatic heterocycles. The third kappa shape index (κ3) is 4.23. The van der Waals surface area contributed by atoms with Gasteiger partial charge in [0.1, 0.15) is 12.4 Å². The lowest BCUT2D eigenvalue weighted by molar-refractivity contribution is -0.129. The molecule has 7 heteroatoms. The number of hydrogen-bond acceptors (Lipinski definition) is 5. The number of ether oxygens (including phenoxy) is 3. The third-order valence-corrected chi connectivity index (χ3v) is 3.99. The van der Waals surface area contributed by atoms with Gasteiger partial charge in [-0.05, 0) is 42.8 Å². The van der Waals surface area contributed by atoms with Gasteiger partial charge in [-0.25, -0.2) is 14.2 Å². The van der Waals surface area contributed by atoms with Crippen molar-refractivity contribution in [2.24, 2.45) is 4.99 Å². The fourth-order valence-electron chi connectivity index (χ4n) is 2.53. The predicted octanol–water partition coefficient (Wildman–Crippen LogP) is 4.79. The summed E-state index contributed by atoms with van der Waals surface area (Å²) in [4.78, 5) is 16.3. The van der Waals surface area contributed by atoms with Gasteiger partial charge in [0.2, 0.25) is 5.90 Å². The second-order valence-corrected chi connectivity index (χ2v) is 6.09. The number of benzene rings is 2. The van der Waals surface area contributed by atoms with E-state index in [2.05, 4.69) is 11.6 Å². The first-order valence-electron chi connectivity index (χ1n) is 8.51. The van der Waals surface area contributed by atoms with Crippen LogP contribution in [0.5, 0.6) is 11.5 Å². The number of rotatable bonds is 7. The van der Waals surface area contributed by atoms with Crippen LogP contribution < -0.4 is 9.47 Å². The van der Waals surface area contributed by atoms with Crippen molar-refractivity contribution < 1.29 is 23.4 Å². The van der Waals surface area contributed by atoms with Crippen LogP contribution in [-0.2, 0) is 9.53 Å². The molecule has 1 heterocycles. The van der Waals surface area contributed by atoms with Gasteiger partial charge in [0.25, 0.3) is 0 Å². The van der Waals surface area contributed by atoms with Crippen LogP contribution in [0.1, 0.15) is 18.1 Å². The second-order valence-electron chi connectivity index (χ2n) is 5.68. The van der Waals surface area contributed by atoms with Gasteiger partial charge < -0.3 is 14.2 Å². The van der Waals surface area contributed by atoms with Gasteiger partial charge in [0.15, 0.2) is 17.2 Å². The summed E-state index contributed by atoms with van der Waals surface area (Å²) < 4.78 is 30.1. The van der Waals surface area contributed by atoms with Crippen LogP contribution >= 0.6 is 11.6 Å². The first-order valence-corrected chi connectivity index (χ1v) is 8.88. The van der Waals surface area contributed by atoms with Gasteiger partial charge in [-0.3, -0.25) is 0 Å². The van der Waals surface area contributed by atoms with Gasteiger partial charge in [-0.1, -0.05) is 36.4 Å². The minimum atomic E-state index is -0.681. The average molecular weight is 402 g/mol. The number of halogens is 2. The molecule has 1 aliphatic rings. The fraction of sp³-hybridized carbons (Fsp3) is 0.143. The molecule has 0 saturated carbocycles. The molecule has 2 aromatic rings. The maximum atomic E-state index is 13.9. The summed E-state index contributed by atoms with van der Waals surface area (Å²) in [6.07, 6.45) is 3.08. The highest BCUT2D eigenvalue weighted by molar-refractivity contribution is 6.32. The van der Waals surface area contributed by atoms with Crippen molar-refractivity contribution in [3.63, 3.8) is 0 Å².